The molecule has 0 aliphatic rings. The maximum atomic E-state index is 13.1. The smallest absolute Gasteiger partial charge is 0.292 e. The van der Waals surface area contributed by atoms with Crippen LogP contribution in [0.5, 0.6) is 0 Å². The van der Waals surface area contributed by atoms with Gasteiger partial charge in [-0.2, -0.15) is 39.5 Å². The van der Waals surface area contributed by atoms with Crippen LogP contribution in [0.25, 0.3) is 11.1 Å². The third-order valence-electron chi connectivity index (χ3n) is 3.31. The fourth-order valence-electron chi connectivity index (χ4n) is 2.15. The second-order valence-electron chi connectivity index (χ2n) is 5.09. The summed E-state index contributed by atoms with van der Waals surface area (Å²) in [5.74, 6) is -2.08. The van der Waals surface area contributed by atoms with E-state index < -0.39 is 52.3 Å². The highest BCUT2D eigenvalue weighted by atomic mass is 19.4. The van der Waals surface area contributed by atoms with Gasteiger partial charge in [-0.1, -0.05) is 12.1 Å². The summed E-state index contributed by atoms with van der Waals surface area (Å²) in [5, 5.41) is 0. The van der Waals surface area contributed by atoms with Crippen LogP contribution in [0.2, 0.25) is 0 Å². The molecule has 1 aromatic heterocycles. The molecule has 0 aliphatic carbocycles. The molecular weight excluding hydrogens is 383 g/mol. The molecule has 3 nitrogen and oxygen atoms in total. The summed E-state index contributed by atoms with van der Waals surface area (Å²) < 4.78 is 115. The monoisotopic (exact) mass is 390 g/mol. The van der Waals surface area contributed by atoms with Crippen LogP contribution in [0.15, 0.2) is 29.1 Å². The normalized spacial score (nSPS) is 13.2. The van der Waals surface area contributed by atoms with E-state index in [1.165, 1.54) is 0 Å². The number of nitrogens with zero attached hydrogens (tertiary/aromatic N) is 2. The molecule has 0 radical (unpaired) electrons. The van der Waals surface area contributed by atoms with Gasteiger partial charge >= 0.3 is 18.5 Å². The highest BCUT2D eigenvalue weighted by Crippen LogP contribution is 2.37. The standard InChI is InChI=1S/C14H7F9N2O/c1-25-10(26)8(6-2-4-7(5-3-6)12(15,16)17)9(13(18,19)20)24-11(25)14(21,22)23/h2-5H,1H3. The second kappa shape index (κ2) is 6.02. The molecule has 2 aromatic rings. The summed E-state index contributed by atoms with van der Waals surface area (Å²) in [5.41, 5.74) is -6.95. The molecule has 2 rings (SSSR count). The maximum absolute atomic E-state index is 13.1. The Hall–Kier alpha value is -2.53. The van der Waals surface area contributed by atoms with Crippen molar-refractivity contribution in [2.24, 2.45) is 7.05 Å². The number of rotatable bonds is 1. The fourth-order valence-corrected chi connectivity index (χ4v) is 2.15. The molecule has 26 heavy (non-hydrogen) atoms. The zero-order valence-electron chi connectivity index (χ0n) is 12.5. The van der Waals surface area contributed by atoms with Crippen LogP contribution in [-0.4, -0.2) is 9.55 Å². The van der Waals surface area contributed by atoms with Crippen LogP contribution < -0.4 is 5.56 Å². The highest BCUT2D eigenvalue weighted by molar-refractivity contribution is 5.66. The lowest BCUT2D eigenvalue weighted by molar-refractivity contribution is -0.154. The minimum Gasteiger partial charge on any atom is -0.292 e. The van der Waals surface area contributed by atoms with Gasteiger partial charge in [0.15, 0.2) is 5.69 Å². The molecular formula is C14H7F9N2O. The Morgan fingerprint density at radius 3 is 1.69 bits per heavy atom. The van der Waals surface area contributed by atoms with Crippen molar-refractivity contribution in [1.29, 1.82) is 0 Å². The van der Waals surface area contributed by atoms with E-state index in [9.17, 15) is 44.3 Å². The molecule has 0 amide bonds. The number of hydrogen-bond acceptors (Lipinski definition) is 2. The summed E-state index contributed by atoms with van der Waals surface area (Å²) in [6, 6.07) is 1.94. The first-order chi connectivity index (χ1) is 11.6. The van der Waals surface area contributed by atoms with Crippen molar-refractivity contribution in [3.63, 3.8) is 0 Å². The van der Waals surface area contributed by atoms with Crippen molar-refractivity contribution in [3.05, 3.63) is 51.7 Å². The third kappa shape index (κ3) is 3.68. The largest absolute Gasteiger partial charge is 0.449 e. The Morgan fingerprint density at radius 1 is 0.808 bits per heavy atom. The predicted octanol–water partition coefficient (Wildman–Crippen LogP) is 4.50. The maximum Gasteiger partial charge on any atom is 0.449 e. The van der Waals surface area contributed by atoms with Gasteiger partial charge < -0.3 is 0 Å². The molecule has 1 aromatic carbocycles. The third-order valence-corrected chi connectivity index (χ3v) is 3.31. The molecule has 1 heterocycles. The van der Waals surface area contributed by atoms with Gasteiger partial charge in [-0.15, -0.1) is 0 Å². The van der Waals surface area contributed by atoms with Gasteiger partial charge in [-0.25, -0.2) is 4.98 Å². The first-order valence-electron chi connectivity index (χ1n) is 6.57. The van der Waals surface area contributed by atoms with Gasteiger partial charge in [0, 0.05) is 7.05 Å². The summed E-state index contributed by atoms with van der Waals surface area (Å²) in [6.45, 7) is 0. The van der Waals surface area contributed by atoms with Crippen LogP contribution in [-0.2, 0) is 25.6 Å². The Kier molecular flexibility index (Phi) is 4.58. The molecule has 0 aliphatic heterocycles. The molecule has 142 valence electrons. The van der Waals surface area contributed by atoms with E-state index in [-0.39, 0.29) is 4.57 Å². The molecule has 0 fully saturated rings. The van der Waals surface area contributed by atoms with E-state index in [1.807, 2.05) is 0 Å². The molecule has 12 heteroatoms. The topological polar surface area (TPSA) is 34.9 Å². The summed E-state index contributed by atoms with van der Waals surface area (Å²) in [7, 11) is 0.561. The Balaban J connectivity index is 2.80. The SMILES string of the molecule is Cn1c(C(F)(F)F)nc(C(F)(F)F)c(-c2ccc(C(F)(F)F)cc2)c1=O. The van der Waals surface area contributed by atoms with Crippen molar-refractivity contribution >= 4 is 0 Å². The van der Waals surface area contributed by atoms with E-state index in [2.05, 4.69) is 4.98 Å². The lowest BCUT2D eigenvalue weighted by atomic mass is 10.0. The highest BCUT2D eigenvalue weighted by Gasteiger charge is 2.43. The van der Waals surface area contributed by atoms with Crippen LogP contribution >= 0.6 is 0 Å². The van der Waals surface area contributed by atoms with Crippen molar-refractivity contribution in [3.8, 4) is 11.1 Å². The average molecular weight is 390 g/mol. The van der Waals surface area contributed by atoms with Gasteiger partial charge in [0.1, 0.15) is 0 Å². The van der Waals surface area contributed by atoms with Crippen molar-refractivity contribution < 1.29 is 39.5 Å². The lowest BCUT2D eigenvalue weighted by Crippen LogP contribution is -2.32. The summed E-state index contributed by atoms with van der Waals surface area (Å²) in [6.07, 6.45) is -15.6. The van der Waals surface area contributed by atoms with Crippen LogP contribution in [0.4, 0.5) is 39.5 Å². The number of benzene rings is 1. The number of alkyl halides is 9. The molecule has 0 atom stereocenters. The first-order valence-corrected chi connectivity index (χ1v) is 6.57. The van der Waals surface area contributed by atoms with E-state index >= 15 is 0 Å². The van der Waals surface area contributed by atoms with E-state index in [0.717, 1.165) is 0 Å². The van der Waals surface area contributed by atoms with E-state index in [0.29, 0.717) is 31.3 Å². The number of hydrogen-bond donors (Lipinski definition) is 0. The van der Waals surface area contributed by atoms with Gasteiger partial charge in [0.25, 0.3) is 5.56 Å². The quantitative estimate of drug-likeness (QED) is 0.672. The van der Waals surface area contributed by atoms with Crippen LogP contribution in [0, 0.1) is 0 Å². The minimum absolute atomic E-state index is 0.137. The van der Waals surface area contributed by atoms with Gasteiger partial charge in [0.05, 0.1) is 11.1 Å². The molecule has 0 N–H and O–H groups in total. The predicted molar refractivity (Wildman–Crippen MR) is 69.9 cm³/mol. The summed E-state index contributed by atoms with van der Waals surface area (Å²) >= 11 is 0. The number of aromatic nitrogens is 2. The van der Waals surface area contributed by atoms with Gasteiger partial charge in [-0.05, 0) is 17.7 Å². The number of halogens is 9. The second-order valence-corrected chi connectivity index (χ2v) is 5.09. The molecule has 0 bridgehead atoms. The summed E-state index contributed by atoms with van der Waals surface area (Å²) in [4.78, 5) is 14.6. The average Bonchev–Trinajstić information content (AvgIpc) is 2.46. The van der Waals surface area contributed by atoms with Crippen molar-refractivity contribution in [2.45, 2.75) is 18.5 Å². The molecule has 0 spiro atoms. The minimum atomic E-state index is -5.44. The first kappa shape index (κ1) is 19.8. The Labute approximate surface area is 138 Å². The Bertz CT molecular complexity index is 874. The van der Waals surface area contributed by atoms with E-state index in [1.54, 1.807) is 0 Å². The van der Waals surface area contributed by atoms with Crippen molar-refractivity contribution in [1.82, 2.24) is 9.55 Å². The molecule has 0 saturated heterocycles. The molecule has 0 unspecified atom stereocenters. The zero-order valence-corrected chi connectivity index (χ0v) is 12.5. The zero-order chi connectivity index (χ0) is 20.1. The Morgan fingerprint density at radius 2 is 1.31 bits per heavy atom. The molecule has 0 saturated carbocycles. The van der Waals surface area contributed by atoms with Crippen molar-refractivity contribution in [2.75, 3.05) is 0 Å². The van der Waals surface area contributed by atoms with Gasteiger partial charge in [0.2, 0.25) is 5.82 Å². The van der Waals surface area contributed by atoms with E-state index in [4.69, 9.17) is 0 Å². The van der Waals surface area contributed by atoms with Gasteiger partial charge in [-0.3, -0.25) is 9.36 Å². The lowest BCUT2D eigenvalue weighted by Gasteiger charge is -2.17. The fraction of sp³-hybridized carbons (Fsp3) is 0.286. The van der Waals surface area contributed by atoms with Crippen LogP contribution in [0.1, 0.15) is 17.1 Å². The van der Waals surface area contributed by atoms with Crippen LogP contribution in [0.3, 0.4) is 0 Å².